The number of nitrogen functional groups attached to an aromatic ring is 1. The highest BCUT2D eigenvalue weighted by molar-refractivity contribution is 7.89. The number of rotatable bonds is 16. The molecule has 7 rings (SSSR count). The van der Waals surface area contributed by atoms with Gasteiger partial charge in [0, 0.05) is 59.9 Å². The number of H-pyrrole nitrogens is 1. The predicted octanol–water partition coefficient (Wildman–Crippen LogP) is 2.36. The van der Waals surface area contributed by atoms with Crippen LogP contribution in [0.5, 0.6) is 0 Å². The van der Waals surface area contributed by atoms with E-state index in [0.717, 1.165) is 34.3 Å². The van der Waals surface area contributed by atoms with Gasteiger partial charge < -0.3 is 46.5 Å². The maximum atomic E-state index is 13.1. The first-order chi connectivity index (χ1) is 30.0. The van der Waals surface area contributed by atoms with Crippen molar-refractivity contribution in [2.45, 2.75) is 68.1 Å². The van der Waals surface area contributed by atoms with Gasteiger partial charge in [-0.15, -0.1) is 0 Å². The fourth-order valence-corrected chi connectivity index (χ4v) is 8.73. The molecule has 5 aromatic rings. The first kappa shape index (κ1) is 45.2. The number of halogens is 1. The molecular formula is C41H44FN9O11S. The van der Waals surface area contributed by atoms with E-state index < -0.39 is 63.7 Å². The van der Waals surface area contributed by atoms with Gasteiger partial charge in [-0.25, -0.2) is 22.3 Å². The van der Waals surface area contributed by atoms with Gasteiger partial charge in [0.05, 0.1) is 17.4 Å². The van der Waals surface area contributed by atoms with Gasteiger partial charge >= 0.3 is 17.9 Å². The number of aryl methyl sites for hydroxylation is 1. The molecule has 0 bridgehead atoms. The Bertz CT molecular complexity index is 2690. The standard InChI is InChI=1S/C21H21FN2O4S.C20H23N7O7/c22-14-5-8-16(9-6-14)29(27,28)23-15-7-10-20-18(13-15)17-3-1-2-4-19(17)24(20)12-11-21(25)26;21-20-25-16-15(18(32)26-20)27(9-28)12(8-23-16)7-22-11-3-1-10(2-4-11)17(31)24-13(19(33)34)5-6-14(29)30/h1-6,8-9,15,23H,7,10-13H2,(H,25,26);1-4,9,12-13,22H,5-8H2,(H,24,31)(H,29,30)(H,33,34)(H4,21,23,25,26,32)/t15-;/m1./s1. The Labute approximate surface area is 358 Å². The van der Waals surface area contributed by atoms with Crippen LogP contribution in [0.1, 0.15) is 47.3 Å². The van der Waals surface area contributed by atoms with Gasteiger partial charge in [0.1, 0.15) is 11.9 Å². The number of benzene rings is 3. The van der Waals surface area contributed by atoms with Gasteiger partial charge in [-0.3, -0.25) is 29.0 Å². The highest BCUT2D eigenvalue weighted by atomic mass is 32.2. The quantitative estimate of drug-likeness (QED) is 0.0643. The number of fused-ring (bicyclic) bond motifs is 4. The number of para-hydroxylation sites is 1. The summed E-state index contributed by atoms with van der Waals surface area (Å²) in [4.78, 5) is 76.8. The third-order valence-electron chi connectivity index (χ3n) is 10.5. The first-order valence-corrected chi connectivity index (χ1v) is 21.1. The van der Waals surface area contributed by atoms with Gasteiger partial charge in [-0.05, 0) is 85.8 Å². The molecule has 22 heteroatoms. The van der Waals surface area contributed by atoms with E-state index in [1.54, 1.807) is 12.1 Å². The topological polar surface area (TPSA) is 308 Å². The van der Waals surface area contributed by atoms with Crippen LogP contribution in [-0.2, 0) is 48.6 Å². The molecule has 63 heavy (non-hydrogen) atoms. The molecule has 0 radical (unpaired) electrons. The minimum absolute atomic E-state index is 0.0335. The molecule has 3 aromatic carbocycles. The van der Waals surface area contributed by atoms with Crippen molar-refractivity contribution < 1.29 is 52.1 Å². The normalized spacial score (nSPS) is 16.0. The fourth-order valence-electron chi connectivity index (χ4n) is 7.46. The van der Waals surface area contributed by atoms with Crippen LogP contribution in [-0.4, -0.2) is 99.7 Å². The van der Waals surface area contributed by atoms with Gasteiger partial charge in [0.25, 0.3) is 11.5 Å². The third-order valence-corrected chi connectivity index (χ3v) is 12.0. The Hall–Kier alpha value is -7.33. The van der Waals surface area contributed by atoms with Gasteiger partial charge in [-0.1, -0.05) is 18.2 Å². The molecule has 2 aliphatic rings. The maximum absolute atomic E-state index is 13.1. The minimum atomic E-state index is -3.75. The highest BCUT2D eigenvalue weighted by Gasteiger charge is 2.31. The molecule has 2 aromatic heterocycles. The first-order valence-electron chi connectivity index (χ1n) is 19.6. The van der Waals surface area contributed by atoms with Crippen LogP contribution in [0, 0.1) is 5.82 Å². The van der Waals surface area contributed by atoms with Crippen molar-refractivity contribution in [3.8, 4) is 0 Å². The second-order valence-corrected chi connectivity index (χ2v) is 16.4. The molecule has 0 saturated carbocycles. The molecule has 0 spiro atoms. The van der Waals surface area contributed by atoms with Crippen LogP contribution < -0.4 is 36.9 Å². The largest absolute Gasteiger partial charge is 0.481 e. The van der Waals surface area contributed by atoms with Gasteiger partial charge in [-0.2, -0.15) is 4.98 Å². The summed E-state index contributed by atoms with van der Waals surface area (Å²) >= 11 is 0. The van der Waals surface area contributed by atoms with Crippen LogP contribution in [0.15, 0.2) is 82.5 Å². The number of aliphatic carboxylic acids is 3. The van der Waals surface area contributed by atoms with Crippen LogP contribution in [0.3, 0.4) is 0 Å². The highest BCUT2D eigenvalue weighted by Crippen LogP contribution is 2.33. The molecule has 332 valence electrons. The van der Waals surface area contributed by atoms with E-state index in [-0.39, 0.29) is 53.3 Å². The summed E-state index contributed by atoms with van der Waals surface area (Å²) in [6, 6.07) is 16.6. The fraction of sp³-hybridized carbons (Fsp3) is 0.293. The second kappa shape index (κ2) is 19.6. The Kier molecular flexibility index (Phi) is 14.1. The number of sulfonamides is 1. The Morgan fingerprint density at radius 2 is 1.68 bits per heavy atom. The smallest absolute Gasteiger partial charge is 0.326 e. The number of nitrogens with two attached hydrogens (primary N) is 1. The molecule has 20 nitrogen and oxygen atoms in total. The van der Waals surface area contributed by atoms with E-state index in [0.29, 0.717) is 44.4 Å². The number of aromatic nitrogens is 3. The summed E-state index contributed by atoms with van der Waals surface area (Å²) in [6.45, 7) is 0.954. The molecule has 0 fully saturated rings. The Balaban J connectivity index is 0.000000212. The third kappa shape index (κ3) is 11.0. The van der Waals surface area contributed by atoms with Crippen molar-refractivity contribution >= 4 is 74.3 Å². The number of carbonyl (C=O) groups excluding carboxylic acids is 2. The van der Waals surface area contributed by atoms with Crippen molar-refractivity contribution in [2.24, 2.45) is 0 Å². The number of aromatic amines is 1. The zero-order valence-electron chi connectivity index (χ0n) is 33.4. The lowest BCUT2D eigenvalue weighted by molar-refractivity contribution is -0.141. The Morgan fingerprint density at radius 1 is 0.984 bits per heavy atom. The zero-order valence-corrected chi connectivity index (χ0v) is 34.2. The molecule has 3 heterocycles. The van der Waals surface area contributed by atoms with Crippen LogP contribution in [0.4, 0.5) is 27.5 Å². The summed E-state index contributed by atoms with van der Waals surface area (Å²) in [5.74, 6) is -4.34. The van der Waals surface area contributed by atoms with Crippen LogP contribution in [0.2, 0.25) is 0 Å². The molecule has 0 saturated heterocycles. The number of hydrogen-bond acceptors (Lipinski definition) is 12. The van der Waals surface area contributed by atoms with Crippen molar-refractivity contribution in [2.75, 3.05) is 34.4 Å². The van der Waals surface area contributed by atoms with E-state index in [2.05, 4.69) is 30.6 Å². The van der Waals surface area contributed by atoms with E-state index in [9.17, 15) is 46.7 Å². The van der Waals surface area contributed by atoms with E-state index in [1.165, 1.54) is 29.2 Å². The Morgan fingerprint density at radius 3 is 2.35 bits per heavy atom. The number of hydrogen-bond donors (Lipinski definition) is 9. The summed E-state index contributed by atoms with van der Waals surface area (Å²) in [5.41, 5.74) is 8.94. The number of anilines is 4. The van der Waals surface area contributed by atoms with Crippen LogP contribution >= 0.6 is 0 Å². The number of carboxylic acids is 3. The van der Waals surface area contributed by atoms with E-state index in [1.807, 2.05) is 28.8 Å². The molecule has 1 aliphatic carbocycles. The van der Waals surface area contributed by atoms with Gasteiger partial charge in [0.15, 0.2) is 11.5 Å². The second-order valence-electron chi connectivity index (χ2n) is 14.7. The van der Waals surface area contributed by atoms with E-state index >= 15 is 0 Å². The van der Waals surface area contributed by atoms with Crippen molar-refractivity contribution in [1.82, 2.24) is 24.6 Å². The van der Waals surface area contributed by atoms with Gasteiger partial charge in [0.2, 0.25) is 22.4 Å². The van der Waals surface area contributed by atoms with Crippen molar-refractivity contribution in [1.29, 1.82) is 0 Å². The number of carbonyl (C=O) groups is 5. The lowest BCUT2D eigenvalue weighted by Gasteiger charge is -2.34. The molecule has 2 unspecified atom stereocenters. The average molecular weight is 890 g/mol. The summed E-state index contributed by atoms with van der Waals surface area (Å²) in [6.07, 6.45) is 1.72. The lowest BCUT2D eigenvalue weighted by atomic mass is 9.92. The zero-order chi connectivity index (χ0) is 45.4. The molecule has 3 atom stereocenters. The van der Waals surface area contributed by atoms with Crippen molar-refractivity contribution in [3.63, 3.8) is 0 Å². The average Bonchev–Trinajstić information content (AvgIpc) is 3.56. The van der Waals surface area contributed by atoms with Crippen LogP contribution in [0.25, 0.3) is 10.9 Å². The predicted molar refractivity (Wildman–Crippen MR) is 228 cm³/mol. The number of amides is 2. The van der Waals surface area contributed by atoms with Crippen molar-refractivity contribution in [3.05, 3.63) is 106 Å². The summed E-state index contributed by atoms with van der Waals surface area (Å²) in [7, 11) is -3.75. The molecule has 1 aliphatic heterocycles. The molecule has 2 amide bonds. The van der Waals surface area contributed by atoms with E-state index in [4.69, 9.17) is 15.9 Å². The molecule has 10 N–H and O–H groups in total. The lowest BCUT2D eigenvalue weighted by Crippen LogP contribution is -2.50. The minimum Gasteiger partial charge on any atom is -0.481 e. The summed E-state index contributed by atoms with van der Waals surface area (Å²) < 4.78 is 43.2. The summed E-state index contributed by atoms with van der Waals surface area (Å²) in [5, 5.41) is 36.4. The monoisotopic (exact) mass is 889 g/mol. The number of nitrogens with one attached hydrogen (secondary N) is 5. The number of carboxylic acid groups (broad SMARTS) is 3. The maximum Gasteiger partial charge on any atom is 0.326 e. The SMILES string of the molecule is Nc1nc2c(c(=O)[nH]1)N(C=O)C(CNc1ccc(C(=O)NC(CCC(=O)O)C(=O)O)cc1)CN2.O=C(O)CCn1c2c(c3ccccc31)C[C@H](NS(=O)(=O)c1ccc(F)cc1)CC2. The molecular weight excluding hydrogens is 846 g/mol. The number of nitrogens with zero attached hydrogens (tertiary/aromatic N) is 3.